The average Bonchev–Trinajstić information content (AvgIpc) is 2.20. The van der Waals surface area contributed by atoms with Crippen molar-refractivity contribution in [3.63, 3.8) is 0 Å². The Balaban J connectivity index is 2.91. The molecule has 14 heavy (non-hydrogen) atoms. The van der Waals surface area contributed by atoms with E-state index < -0.39 is 6.04 Å². The van der Waals surface area contributed by atoms with Crippen molar-refractivity contribution in [2.45, 2.75) is 13.0 Å². The van der Waals surface area contributed by atoms with Gasteiger partial charge in [0.15, 0.2) is 0 Å². The lowest BCUT2D eigenvalue weighted by Crippen LogP contribution is -2.28. The monoisotopic (exact) mass is 185 g/mol. The molecule has 0 bridgehead atoms. The van der Waals surface area contributed by atoms with Gasteiger partial charge in [-0.25, -0.2) is 0 Å². The van der Waals surface area contributed by atoms with E-state index in [0.29, 0.717) is 0 Å². The first-order chi connectivity index (χ1) is 6.69. The van der Waals surface area contributed by atoms with Gasteiger partial charge in [0.2, 0.25) is 6.04 Å². The molecule has 0 fully saturated rings. The van der Waals surface area contributed by atoms with Gasteiger partial charge in [-0.3, -0.25) is 0 Å². The molecule has 0 radical (unpaired) electrons. The van der Waals surface area contributed by atoms with Gasteiger partial charge in [-0.1, -0.05) is 17.7 Å². The van der Waals surface area contributed by atoms with Gasteiger partial charge in [-0.2, -0.15) is 10.5 Å². The second-order valence-electron chi connectivity index (χ2n) is 3.11. The van der Waals surface area contributed by atoms with Crippen molar-refractivity contribution in [3.05, 3.63) is 29.8 Å². The van der Waals surface area contributed by atoms with Crippen LogP contribution in [0, 0.1) is 29.6 Å². The summed E-state index contributed by atoms with van der Waals surface area (Å²) in [4.78, 5) is 1.65. The van der Waals surface area contributed by atoms with E-state index in [1.807, 2.05) is 43.3 Å². The highest BCUT2D eigenvalue weighted by atomic mass is 15.1. The molecule has 1 aromatic carbocycles. The molecule has 0 amide bonds. The summed E-state index contributed by atoms with van der Waals surface area (Å²) in [6.07, 6.45) is 0. The number of benzene rings is 1. The molecule has 0 saturated carbocycles. The number of hydrogen-bond donors (Lipinski definition) is 0. The van der Waals surface area contributed by atoms with E-state index >= 15 is 0 Å². The van der Waals surface area contributed by atoms with Crippen molar-refractivity contribution >= 4 is 5.69 Å². The third-order valence-corrected chi connectivity index (χ3v) is 2.07. The van der Waals surface area contributed by atoms with Gasteiger partial charge in [0.25, 0.3) is 0 Å². The smallest absolute Gasteiger partial charge is 0.204 e. The second-order valence-corrected chi connectivity index (χ2v) is 3.11. The summed E-state index contributed by atoms with van der Waals surface area (Å²) in [5.74, 6) is 0. The van der Waals surface area contributed by atoms with Crippen LogP contribution in [-0.4, -0.2) is 13.1 Å². The fourth-order valence-corrected chi connectivity index (χ4v) is 1.13. The van der Waals surface area contributed by atoms with Crippen molar-refractivity contribution in [1.82, 2.24) is 0 Å². The fraction of sp³-hybridized carbons (Fsp3) is 0.273. The van der Waals surface area contributed by atoms with Crippen LogP contribution in [0.3, 0.4) is 0 Å². The minimum Gasteiger partial charge on any atom is -0.347 e. The molecule has 0 unspecified atom stereocenters. The molecule has 1 aromatic rings. The average molecular weight is 185 g/mol. The summed E-state index contributed by atoms with van der Waals surface area (Å²) in [6.45, 7) is 2.00. The molecule has 0 aliphatic heterocycles. The number of hydrogen-bond acceptors (Lipinski definition) is 3. The van der Waals surface area contributed by atoms with Gasteiger partial charge in [0.05, 0.1) is 0 Å². The van der Waals surface area contributed by atoms with E-state index in [0.717, 1.165) is 11.3 Å². The van der Waals surface area contributed by atoms with Gasteiger partial charge in [-0.05, 0) is 19.1 Å². The third-order valence-electron chi connectivity index (χ3n) is 2.07. The first-order valence-electron chi connectivity index (χ1n) is 4.27. The molecule has 0 saturated heterocycles. The molecule has 0 aliphatic rings. The zero-order valence-electron chi connectivity index (χ0n) is 8.23. The Kier molecular flexibility index (Phi) is 3.09. The van der Waals surface area contributed by atoms with E-state index in [1.54, 1.807) is 11.9 Å². The Hall–Kier alpha value is -2.00. The number of anilines is 1. The summed E-state index contributed by atoms with van der Waals surface area (Å²) in [5.41, 5.74) is 2.04. The minimum absolute atomic E-state index is 0.724. The summed E-state index contributed by atoms with van der Waals surface area (Å²) in [6, 6.07) is 10.8. The lowest BCUT2D eigenvalue weighted by Gasteiger charge is -2.19. The van der Waals surface area contributed by atoms with Crippen LogP contribution in [0.5, 0.6) is 0 Å². The maximum absolute atomic E-state index is 8.70. The lowest BCUT2D eigenvalue weighted by molar-refractivity contribution is 0.914. The summed E-state index contributed by atoms with van der Waals surface area (Å²) < 4.78 is 0. The normalized spacial score (nSPS) is 9.21. The molecule has 1 rings (SSSR count). The Bertz CT molecular complexity index is 366. The predicted molar refractivity (Wildman–Crippen MR) is 54.6 cm³/mol. The van der Waals surface area contributed by atoms with Crippen molar-refractivity contribution in [1.29, 1.82) is 10.5 Å². The highest BCUT2D eigenvalue weighted by molar-refractivity contribution is 5.50. The Morgan fingerprint density at radius 1 is 1.14 bits per heavy atom. The topological polar surface area (TPSA) is 50.8 Å². The summed E-state index contributed by atoms with van der Waals surface area (Å²) in [5, 5.41) is 17.4. The third kappa shape index (κ3) is 2.02. The van der Waals surface area contributed by atoms with E-state index in [-0.39, 0.29) is 0 Å². The fourth-order valence-electron chi connectivity index (χ4n) is 1.13. The van der Waals surface area contributed by atoms with Crippen LogP contribution in [0.4, 0.5) is 5.69 Å². The van der Waals surface area contributed by atoms with Crippen LogP contribution in [0.25, 0.3) is 0 Å². The van der Waals surface area contributed by atoms with Crippen LogP contribution < -0.4 is 4.90 Å². The van der Waals surface area contributed by atoms with Gasteiger partial charge in [0, 0.05) is 12.7 Å². The SMILES string of the molecule is Cc1ccc(N(C)C(C#N)C#N)cc1. The molecule has 0 spiro atoms. The van der Waals surface area contributed by atoms with Crippen LogP contribution in [0.1, 0.15) is 5.56 Å². The predicted octanol–water partition coefficient (Wildman–Crippen LogP) is 1.85. The van der Waals surface area contributed by atoms with Crippen molar-refractivity contribution in [2.75, 3.05) is 11.9 Å². The molecule has 0 atom stereocenters. The standard InChI is InChI=1S/C11H11N3/c1-9-3-5-10(6-4-9)14(2)11(7-12)8-13/h3-6,11H,1-2H3. The van der Waals surface area contributed by atoms with Crippen molar-refractivity contribution in [3.8, 4) is 12.1 Å². The number of aryl methyl sites for hydroxylation is 1. The molecule has 0 aliphatic carbocycles. The molecular formula is C11H11N3. The molecule has 0 N–H and O–H groups in total. The zero-order chi connectivity index (χ0) is 10.6. The number of rotatable bonds is 2. The maximum Gasteiger partial charge on any atom is 0.204 e. The highest BCUT2D eigenvalue weighted by Crippen LogP contribution is 2.15. The Morgan fingerprint density at radius 2 is 1.64 bits per heavy atom. The van der Waals surface area contributed by atoms with Crippen LogP contribution >= 0.6 is 0 Å². The maximum atomic E-state index is 8.70. The second kappa shape index (κ2) is 4.30. The Morgan fingerprint density at radius 3 is 2.07 bits per heavy atom. The number of nitriles is 2. The molecule has 3 heteroatoms. The minimum atomic E-state index is -0.724. The van der Waals surface area contributed by atoms with E-state index in [2.05, 4.69) is 0 Å². The largest absolute Gasteiger partial charge is 0.347 e. The van der Waals surface area contributed by atoms with Gasteiger partial charge < -0.3 is 4.90 Å². The van der Waals surface area contributed by atoms with Gasteiger partial charge in [-0.15, -0.1) is 0 Å². The van der Waals surface area contributed by atoms with Gasteiger partial charge in [0.1, 0.15) is 12.1 Å². The summed E-state index contributed by atoms with van der Waals surface area (Å²) in [7, 11) is 1.74. The molecular weight excluding hydrogens is 174 g/mol. The van der Waals surface area contributed by atoms with Crippen LogP contribution in [0.15, 0.2) is 24.3 Å². The first-order valence-corrected chi connectivity index (χ1v) is 4.27. The molecule has 70 valence electrons. The molecule has 0 heterocycles. The van der Waals surface area contributed by atoms with Crippen molar-refractivity contribution in [2.24, 2.45) is 0 Å². The lowest BCUT2D eigenvalue weighted by atomic mass is 10.2. The van der Waals surface area contributed by atoms with E-state index in [1.165, 1.54) is 0 Å². The van der Waals surface area contributed by atoms with Crippen LogP contribution in [0.2, 0.25) is 0 Å². The van der Waals surface area contributed by atoms with Gasteiger partial charge >= 0.3 is 0 Å². The zero-order valence-corrected chi connectivity index (χ0v) is 8.23. The Labute approximate surface area is 83.8 Å². The summed E-state index contributed by atoms with van der Waals surface area (Å²) >= 11 is 0. The van der Waals surface area contributed by atoms with Crippen molar-refractivity contribution < 1.29 is 0 Å². The molecule has 3 nitrogen and oxygen atoms in total. The number of nitrogens with zero attached hydrogens (tertiary/aromatic N) is 3. The van der Waals surface area contributed by atoms with E-state index in [4.69, 9.17) is 10.5 Å². The first kappa shape index (κ1) is 10.1. The van der Waals surface area contributed by atoms with E-state index in [9.17, 15) is 0 Å². The highest BCUT2D eigenvalue weighted by Gasteiger charge is 2.12. The quantitative estimate of drug-likeness (QED) is 0.706. The van der Waals surface area contributed by atoms with Crippen LogP contribution in [-0.2, 0) is 0 Å². The molecule has 0 aromatic heterocycles.